The standard InChI is InChI=1S/C9H16N2O/c1-7(12)10-6-9-5-8(9)3-2-4-11-9/h8,11H,2-6H2,1H3,(H,10,12). The van der Waals surface area contributed by atoms with Crippen LogP contribution in [0.15, 0.2) is 0 Å². The molecular formula is C9H16N2O. The van der Waals surface area contributed by atoms with Crippen molar-refractivity contribution in [1.29, 1.82) is 0 Å². The minimum Gasteiger partial charge on any atom is -0.354 e. The molecule has 0 spiro atoms. The van der Waals surface area contributed by atoms with Crippen LogP contribution in [0.25, 0.3) is 0 Å². The molecule has 1 aliphatic carbocycles. The van der Waals surface area contributed by atoms with Crippen LogP contribution in [0, 0.1) is 5.92 Å². The smallest absolute Gasteiger partial charge is 0.216 e. The van der Waals surface area contributed by atoms with Crippen LogP contribution in [0.3, 0.4) is 0 Å². The van der Waals surface area contributed by atoms with Gasteiger partial charge in [-0.05, 0) is 31.7 Å². The maximum Gasteiger partial charge on any atom is 0.216 e. The van der Waals surface area contributed by atoms with Crippen LogP contribution in [0.1, 0.15) is 26.2 Å². The van der Waals surface area contributed by atoms with Crippen molar-refractivity contribution < 1.29 is 4.79 Å². The Hall–Kier alpha value is -0.570. The summed E-state index contributed by atoms with van der Waals surface area (Å²) in [6.07, 6.45) is 3.90. The summed E-state index contributed by atoms with van der Waals surface area (Å²) in [5, 5.41) is 6.41. The maximum atomic E-state index is 10.7. The van der Waals surface area contributed by atoms with Crippen LogP contribution in [-0.4, -0.2) is 24.5 Å². The second-order valence-corrected chi connectivity index (χ2v) is 4.04. The van der Waals surface area contributed by atoms with Gasteiger partial charge in [-0.15, -0.1) is 0 Å². The lowest BCUT2D eigenvalue weighted by molar-refractivity contribution is -0.119. The van der Waals surface area contributed by atoms with E-state index in [1.54, 1.807) is 6.92 Å². The predicted molar refractivity (Wildman–Crippen MR) is 46.8 cm³/mol. The van der Waals surface area contributed by atoms with Crippen molar-refractivity contribution in [3.63, 3.8) is 0 Å². The molecule has 2 rings (SSSR count). The number of hydrogen-bond acceptors (Lipinski definition) is 2. The minimum atomic E-state index is 0.0856. The number of piperidine rings is 1. The summed E-state index contributed by atoms with van der Waals surface area (Å²) in [4.78, 5) is 10.7. The van der Waals surface area contributed by atoms with Gasteiger partial charge in [0.15, 0.2) is 0 Å². The van der Waals surface area contributed by atoms with Crippen LogP contribution in [-0.2, 0) is 4.79 Å². The quantitative estimate of drug-likeness (QED) is 0.621. The summed E-state index contributed by atoms with van der Waals surface area (Å²) in [5.41, 5.74) is 0.296. The van der Waals surface area contributed by atoms with E-state index in [4.69, 9.17) is 0 Å². The molecule has 1 saturated carbocycles. The van der Waals surface area contributed by atoms with Crippen LogP contribution in [0.2, 0.25) is 0 Å². The average Bonchev–Trinajstić information content (AvgIpc) is 2.75. The van der Waals surface area contributed by atoms with E-state index >= 15 is 0 Å². The molecule has 0 bridgehead atoms. The normalized spacial score (nSPS) is 38.6. The highest BCUT2D eigenvalue weighted by Gasteiger charge is 2.54. The molecular weight excluding hydrogens is 152 g/mol. The van der Waals surface area contributed by atoms with Crippen molar-refractivity contribution in [2.45, 2.75) is 31.7 Å². The number of nitrogens with one attached hydrogen (secondary N) is 2. The van der Waals surface area contributed by atoms with Gasteiger partial charge >= 0.3 is 0 Å². The zero-order valence-corrected chi connectivity index (χ0v) is 7.52. The highest BCUT2D eigenvalue weighted by molar-refractivity contribution is 5.73. The first-order valence-corrected chi connectivity index (χ1v) is 4.72. The van der Waals surface area contributed by atoms with E-state index in [-0.39, 0.29) is 5.91 Å². The van der Waals surface area contributed by atoms with Gasteiger partial charge in [0.2, 0.25) is 5.91 Å². The second kappa shape index (κ2) is 2.73. The third-order valence-electron chi connectivity index (χ3n) is 3.09. The van der Waals surface area contributed by atoms with E-state index in [1.165, 1.54) is 19.3 Å². The number of hydrogen-bond donors (Lipinski definition) is 2. The van der Waals surface area contributed by atoms with E-state index < -0.39 is 0 Å². The molecule has 1 heterocycles. The Morgan fingerprint density at radius 1 is 1.75 bits per heavy atom. The van der Waals surface area contributed by atoms with Crippen molar-refractivity contribution in [2.75, 3.05) is 13.1 Å². The van der Waals surface area contributed by atoms with Crippen molar-refractivity contribution in [2.24, 2.45) is 5.92 Å². The Morgan fingerprint density at radius 3 is 3.25 bits per heavy atom. The molecule has 0 aromatic rings. The number of amides is 1. The highest BCUT2D eigenvalue weighted by atomic mass is 16.1. The van der Waals surface area contributed by atoms with Gasteiger partial charge in [0.05, 0.1) is 0 Å². The lowest BCUT2D eigenvalue weighted by Crippen LogP contribution is -2.46. The van der Waals surface area contributed by atoms with E-state index in [0.717, 1.165) is 19.0 Å². The Balaban J connectivity index is 1.83. The van der Waals surface area contributed by atoms with Gasteiger partial charge in [-0.25, -0.2) is 0 Å². The van der Waals surface area contributed by atoms with Gasteiger partial charge in [0.25, 0.3) is 0 Å². The fraction of sp³-hybridized carbons (Fsp3) is 0.889. The third-order valence-corrected chi connectivity index (χ3v) is 3.09. The van der Waals surface area contributed by atoms with E-state index in [1.807, 2.05) is 0 Å². The van der Waals surface area contributed by atoms with E-state index in [2.05, 4.69) is 10.6 Å². The number of carbonyl (C=O) groups is 1. The molecule has 2 aliphatic rings. The Labute approximate surface area is 72.9 Å². The molecule has 0 radical (unpaired) electrons. The summed E-state index contributed by atoms with van der Waals surface area (Å²) in [6, 6.07) is 0. The maximum absolute atomic E-state index is 10.7. The zero-order valence-electron chi connectivity index (χ0n) is 7.52. The van der Waals surface area contributed by atoms with Crippen molar-refractivity contribution >= 4 is 5.91 Å². The summed E-state index contributed by atoms with van der Waals surface area (Å²) in [6.45, 7) is 3.53. The molecule has 3 nitrogen and oxygen atoms in total. The first-order chi connectivity index (χ1) is 5.73. The summed E-state index contributed by atoms with van der Waals surface area (Å²) in [7, 11) is 0. The van der Waals surface area contributed by atoms with Gasteiger partial charge < -0.3 is 10.6 Å². The largest absolute Gasteiger partial charge is 0.354 e. The summed E-state index contributed by atoms with van der Waals surface area (Å²) >= 11 is 0. The highest BCUT2D eigenvalue weighted by Crippen LogP contribution is 2.48. The molecule has 2 unspecified atom stereocenters. The minimum absolute atomic E-state index is 0.0856. The van der Waals surface area contributed by atoms with Crippen molar-refractivity contribution in [3.05, 3.63) is 0 Å². The zero-order chi connectivity index (χ0) is 8.60. The lowest BCUT2D eigenvalue weighted by Gasteiger charge is -2.23. The Bertz CT molecular complexity index is 205. The number of fused-ring (bicyclic) bond motifs is 1. The number of carbonyl (C=O) groups excluding carboxylic acids is 1. The lowest BCUT2D eigenvalue weighted by atomic mass is 10.1. The topological polar surface area (TPSA) is 41.1 Å². The first kappa shape index (κ1) is 8.05. The molecule has 1 saturated heterocycles. The fourth-order valence-electron chi connectivity index (χ4n) is 2.22. The van der Waals surface area contributed by atoms with Crippen LogP contribution >= 0.6 is 0 Å². The summed E-state index contributed by atoms with van der Waals surface area (Å²) < 4.78 is 0. The molecule has 3 heteroatoms. The molecule has 2 N–H and O–H groups in total. The van der Waals surface area contributed by atoms with Gasteiger partial charge in [-0.1, -0.05) is 0 Å². The molecule has 2 atom stereocenters. The molecule has 68 valence electrons. The Kier molecular flexibility index (Phi) is 1.83. The molecule has 2 fully saturated rings. The average molecular weight is 168 g/mol. The predicted octanol–water partition coefficient (Wildman–Crippen LogP) is 0.265. The van der Waals surface area contributed by atoms with Crippen LogP contribution < -0.4 is 10.6 Å². The monoisotopic (exact) mass is 168 g/mol. The van der Waals surface area contributed by atoms with Gasteiger partial charge in [-0.2, -0.15) is 0 Å². The van der Waals surface area contributed by atoms with Crippen LogP contribution in [0.5, 0.6) is 0 Å². The molecule has 1 aliphatic heterocycles. The Morgan fingerprint density at radius 2 is 2.58 bits per heavy atom. The van der Waals surface area contributed by atoms with Crippen molar-refractivity contribution in [1.82, 2.24) is 10.6 Å². The van der Waals surface area contributed by atoms with Gasteiger partial charge in [0.1, 0.15) is 0 Å². The van der Waals surface area contributed by atoms with E-state index in [0.29, 0.717) is 5.54 Å². The SMILES string of the molecule is CC(=O)NCC12CC1CCCN2. The summed E-state index contributed by atoms with van der Waals surface area (Å²) in [5.74, 6) is 0.917. The van der Waals surface area contributed by atoms with Gasteiger partial charge in [0, 0.05) is 19.0 Å². The third kappa shape index (κ3) is 1.33. The van der Waals surface area contributed by atoms with E-state index in [9.17, 15) is 4.79 Å². The van der Waals surface area contributed by atoms with Crippen molar-refractivity contribution in [3.8, 4) is 0 Å². The second-order valence-electron chi connectivity index (χ2n) is 4.04. The first-order valence-electron chi connectivity index (χ1n) is 4.72. The molecule has 0 aromatic carbocycles. The van der Waals surface area contributed by atoms with Gasteiger partial charge in [-0.3, -0.25) is 4.79 Å². The fourth-order valence-corrected chi connectivity index (χ4v) is 2.22. The molecule has 0 aromatic heterocycles. The molecule has 12 heavy (non-hydrogen) atoms. The molecule has 1 amide bonds. The number of rotatable bonds is 2. The van der Waals surface area contributed by atoms with Crippen LogP contribution in [0.4, 0.5) is 0 Å².